The summed E-state index contributed by atoms with van der Waals surface area (Å²) in [5, 5.41) is 0. The van der Waals surface area contributed by atoms with Crippen LogP contribution < -0.4 is 5.73 Å². The number of nitrogens with zero attached hydrogens (tertiary/aromatic N) is 1. The van der Waals surface area contributed by atoms with Crippen molar-refractivity contribution in [3.8, 4) is 0 Å². The smallest absolute Gasteiger partial charge is 0.0451 e. The van der Waals surface area contributed by atoms with Crippen molar-refractivity contribution in [2.75, 3.05) is 0 Å². The van der Waals surface area contributed by atoms with Gasteiger partial charge in [-0.15, -0.1) is 0 Å². The summed E-state index contributed by atoms with van der Waals surface area (Å²) < 4.78 is 0. The maximum atomic E-state index is 6.27. The lowest BCUT2D eigenvalue weighted by Gasteiger charge is -2.14. The van der Waals surface area contributed by atoms with Gasteiger partial charge in [0.05, 0.1) is 0 Å². The summed E-state index contributed by atoms with van der Waals surface area (Å²) >= 11 is 0. The van der Waals surface area contributed by atoms with Crippen molar-refractivity contribution in [3.05, 3.63) is 64.5 Å². The molecule has 18 heavy (non-hydrogen) atoms. The number of pyridine rings is 1. The molecule has 0 radical (unpaired) electrons. The molecule has 2 rings (SSSR count). The minimum atomic E-state index is 0.0119. The average Bonchev–Trinajstić information content (AvgIpc) is 2.35. The van der Waals surface area contributed by atoms with Crippen LogP contribution >= 0.6 is 0 Å². The van der Waals surface area contributed by atoms with Gasteiger partial charge in [-0.1, -0.05) is 24.3 Å². The van der Waals surface area contributed by atoms with Crippen LogP contribution in [0.2, 0.25) is 0 Å². The van der Waals surface area contributed by atoms with E-state index in [-0.39, 0.29) is 6.04 Å². The minimum absolute atomic E-state index is 0.0119. The molecule has 1 unspecified atom stereocenters. The van der Waals surface area contributed by atoms with Crippen LogP contribution in [0, 0.1) is 20.8 Å². The predicted molar refractivity (Wildman–Crippen MR) is 75.5 cm³/mol. The van der Waals surface area contributed by atoms with Crippen LogP contribution in [0.25, 0.3) is 0 Å². The molecular weight excluding hydrogens is 220 g/mol. The molecule has 2 nitrogen and oxygen atoms in total. The van der Waals surface area contributed by atoms with Crippen LogP contribution in [0.5, 0.6) is 0 Å². The van der Waals surface area contributed by atoms with E-state index in [1.165, 1.54) is 22.3 Å². The first-order valence-electron chi connectivity index (χ1n) is 6.31. The molecule has 2 aromatic rings. The Labute approximate surface area is 109 Å². The lowest BCUT2D eigenvalue weighted by Crippen LogP contribution is -2.15. The van der Waals surface area contributed by atoms with E-state index in [0.29, 0.717) is 0 Å². The fourth-order valence-electron chi connectivity index (χ4n) is 2.05. The molecule has 2 N–H and O–H groups in total. The number of hydrogen-bond acceptors (Lipinski definition) is 2. The van der Waals surface area contributed by atoms with E-state index in [1.54, 1.807) is 0 Å². The lowest BCUT2D eigenvalue weighted by atomic mass is 9.97. The molecule has 0 saturated carbocycles. The van der Waals surface area contributed by atoms with Gasteiger partial charge in [-0.25, -0.2) is 0 Å². The molecule has 0 aliphatic rings. The van der Waals surface area contributed by atoms with Crippen LogP contribution in [-0.4, -0.2) is 4.98 Å². The van der Waals surface area contributed by atoms with Crippen LogP contribution in [0.3, 0.4) is 0 Å². The van der Waals surface area contributed by atoms with Crippen LogP contribution in [-0.2, 0) is 6.42 Å². The largest absolute Gasteiger partial charge is 0.324 e. The number of benzene rings is 1. The molecule has 0 aliphatic carbocycles. The average molecular weight is 240 g/mol. The van der Waals surface area contributed by atoms with Gasteiger partial charge in [0, 0.05) is 24.4 Å². The molecule has 1 aromatic heterocycles. The van der Waals surface area contributed by atoms with Crippen LogP contribution in [0.1, 0.15) is 34.0 Å². The monoisotopic (exact) mass is 240 g/mol. The van der Waals surface area contributed by atoms with E-state index in [4.69, 9.17) is 5.73 Å². The van der Waals surface area contributed by atoms with E-state index in [1.807, 2.05) is 12.3 Å². The van der Waals surface area contributed by atoms with Crippen molar-refractivity contribution in [3.63, 3.8) is 0 Å². The second-order valence-electron chi connectivity index (χ2n) is 4.92. The standard InChI is InChI=1S/C16H20N2/c1-11-6-7-14(9-13(11)3)15(17)10-16-12(2)5-4-8-18-16/h4-9,15H,10,17H2,1-3H3. The molecule has 0 bridgehead atoms. The second-order valence-corrected chi connectivity index (χ2v) is 4.92. The zero-order chi connectivity index (χ0) is 13.1. The highest BCUT2D eigenvalue weighted by Gasteiger charge is 2.10. The maximum Gasteiger partial charge on any atom is 0.0451 e. The van der Waals surface area contributed by atoms with Crippen LogP contribution in [0.15, 0.2) is 36.5 Å². The summed E-state index contributed by atoms with van der Waals surface area (Å²) in [4.78, 5) is 4.40. The van der Waals surface area contributed by atoms with Crippen molar-refractivity contribution < 1.29 is 0 Å². The molecule has 1 heterocycles. The fraction of sp³-hybridized carbons (Fsp3) is 0.312. The third kappa shape index (κ3) is 2.77. The molecule has 0 amide bonds. The van der Waals surface area contributed by atoms with Gasteiger partial charge in [-0.2, -0.15) is 0 Å². The number of aromatic nitrogens is 1. The SMILES string of the molecule is Cc1ccc(C(N)Cc2ncccc2C)cc1C. The summed E-state index contributed by atoms with van der Waals surface area (Å²) in [5.74, 6) is 0. The summed E-state index contributed by atoms with van der Waals surface area (Å²) in [6.07, 6.45) is 2.62. The van der Waals surface area contributed by atoms with Crippen LogP contribution in [0.4, 0.5) is 0 Å². The maximum absolute atomic E-state index is 6.27. The van der Waals surface area contributed by atoms with E-state index >= 15 is 0 Å². The number of nitrogens with two attached hydrogens (primary N) is 1. The molecule has 0 aliphatic heterocycles. The predicted octanol–water partition coefficient (Wildman–Crippen LogP) is 3.25. The van der Waals surface area contributed by atoms with E-state index in [0.717, 1.165) is 12.1 Å². The van der Waals surface area contributed by atoms with Gasteiger partial charge < -0.3 is 5.73 Å². The Kier molecular flexibility index (Phi) is 3.78. The molecular formula is C16H20N2. The third-order valence-corrected chi connectivity index (χ3v) is 3.49. The van der Waals surface area contributed by atoms with E-state index < -0.39 is 0 Å². The highest BCUT2D eigenvalue weighted by molar-refractivity contribution is 5.32. The van der Waals surface area contributed by atoms with Gasteiger partial charge in [0.2, 0.25) is 0 Å². The van der Waals surface area contributed by atoms with E-state index in [2.05, 4.69) is 50.0 Å². The molecule has 0 spiro atoms. The lowest BCUT2D eigenvalue weighted by molar-refractivity contribution is 0.701. The highest BCUT2D eigenvalue weighted by Crippen LogP contribution is 2.19. The number of aryl methyl sites for hydroxylation is 3. The van der Waals surface area contributed by atoms with Crippen molar-refractivity contribution in [1.82, 2.24) is 4.98 Å². The first kappa shape index (κ1) is 12.8. The van der Waals surface area contributed by atoms with Gasteiger partial charge in [0.15, 0.2) is 0 Å². The molecule has 1 atom stereocenters. The zero-order valence-corrected chi connectivity index (χ0v) is 11.3. The summed E-state index contributed by atoms with van der Waals surface area (Å²) in [6.45, 7) is 6.32. The van der Waals surface area contributed by atoms with Gasteiger partial charge in [-0.05, 0) is 49.1 Å². The summed E-state index contributed by atoms with van der Waals surface area (Å²) in [7, 11) is 0. The quantitative estimate of drug-likeness (QED) is 0.894. The van der Waals surface area contributed by atoms with Crippen molar-refractivity contribution >= 4 is 0 Å². The van der Waals surface area contributed by atoms with Crippen molar-refractivity contribution in [2.45, 2.75) is 33.2 Å². The molecule has 0 fully saturated rings. The Morgan fingerprint density at radius 3 is 2.50 bits per heavy atom. The van der Waals surface area contributed by atoms with Gasteiger partial charge in [0.1, 0.15) is 0 Å². The molecule has 1 aromatic carbocycles. The Balaban J connectivity index is 2.19. The van der Waals surface area contributed by atoms with Crippen molar-refractivity contribution in [2.24, 2.45) is 5.73 Å². The molecule has 94 valence electrons. The van der Waals surface area contributed by atoms with E-state index in [9.17, 15) is 0 Å². The second kappa shape index (κ2) is 5.32. The third-order valence-electron chi connectivity index (χ3n) is 3.49. The normalized spacial score (nSPS) is 12.4. The van der Waals surface area contributed by atoms with Gasteiger partial charge >= 0.3 is 0 Å². The summed E-state index contributed by atoms with van der Waals surface area (Å²) in [6, 6.07) is 10.5. The Hall–Kier alpha value is -1.67. The Morgan fingerprint density at radius 2 is 1.83 bits per heavy atom. The summed E-state index contributed by atoms with van der Waals surface area (Å²) in [5.41, 5.74) is 12.3. The molecule has 2 heteroatoms. The number of rotatable bonds is 3. The Morgan fingerprint density at radius 1 is 1.06 bits per heavy atom. The Bertz CT molecular complexity index is 547. The first-order chi connectivity index (χ1) is 8.58. The van der Waals surface area contributed by atoms with Crippen molar-refractivity contribution in [1.29, 1.82) is 0 Å². The highest BCUT2D eigenvalue weighted by atomic mass is 14.7. The topological polar surface area (TPSA) is 38.9 Å². The zero-order valence-electron chi connectivity index (χ0n) is 11.3. The van der Waals surface area contributed by atoms with Gasteiger partial charge in [0.25, 0.3) is 0 Å². The molecule has 0 saturated heterocycles. The minimum Gasteiger partial charge on any atom is -0.324 e. The fourth-order valence-corrected chi connectivity index (χ4v) is 2.05. The number of hydrogen-bond donors (Lipinski definition) is 1. The van der Waals surface area contributed by atoms with Gasteiger partial charge in [-0.3, -0.25) is 4.98 Å². The first-order valence-corrected chi connectivity index (χ1v) is 6.31.